The van der Waals surface area contributed by atoms with Gasteiger partial charge in [-0.15, -0.1) is 0 Å². The number of nitrogens with two attached hydrogens (primary N) is 1. The monoisotopic (exact) mass is 273 g/mol. The number of carbonyl (C=O) groups excluding carboxylic acids is 1. The maximum Gasteiger partial charge on any atom is 0.251 e. The highest BCUT2D eigenvalue weighted by atomic mass is 16.1. The third-order valence-electron chi connectivity index (χ3n) is 3.55. The summed E-state index contributed by atoms with van der Waals surface area (Å²) in [6.07, 6.45) is 7.14. The van der Waals surface area contributed by atoms with Crippen LogP contribution in [0.3, 0.4) is 0 Å². The smallest absolute Gasteiger partial charge is 0.251 e. The molecule has 0 aliphatic heterocycles. The van der Waals surface area contributed by atoms with E-state index in [4.69, 9.17) is 5.73 Å². The van der Waals surface area contributed by atoms with Gasteiger partial charge < -0.3 is 16.4 Å². The van der Waals surface area contributed by atoms with E-state index in [9.17, 15) is 4.79 Å². The molecule has 1 aliphatic rings. The summed E-state index contributed by atoms with van der Waals surface area (Å²) in [7, 11) is 0. The molecule has 1 amide bonds. The summed E-state index contributed by atoms with van der Waals surface area (Å²) in [6, 6.07) is 5.41. The van der Waals surface area contributed by atoms with Crippen molar-refractivity contribution in [2.24, 2.45) is 0 Å². The number of amides is 1. The van der Waals surface area contributed by atoms with Gasteiger partial charge in [0.2, 0.25) is 0 Å². The van der Waals surface area contributed by atoms with Crippen LogP contribution in [0.1, 0.15) is 43.0 Å². The predicted octanol–water partition coefficient (Wildman–Crippen LogP) is 2.93. The van der Waals surface area contributed by atoms with E-state index in [0.29, 0.717) is 17.8 Å². The lowest BCUT2D eigenvalue weighted by Crippen LogP contribution is -2.22. The quantitative estimate of drug-likeness (QED) is 0.551. The third-order valence-corrected chi connectivity index (χ3v) is 3.55. The number of hydrogen-bond acceptors (Lipinski definition) is 3. The summed E-state index contributed by atoms with van der Waals surface area (Å²) < 4.78 is 0. The molecule has 4 nitrogen and oxygen atoms in total. The Kier molecular flexibility index (Phi) is 5.04. The van der Waals surface area contributed by atoms with Crippen LogP contribution in [-0.4, -0.2) is 19.0 Å². The lowest BCUT2D eigenvalue weighted by atomic mass is 10.1. The first-order chi connectivity index (χ1) is 9.70. The van der Waals surface area contributed by atoms with Crippen LogP contribution in [0.15, 0.2) is 29.8 Å². The van der Waals surface area contributed by atoms with E-state index in [0.717, 1.165) is 18.7 Å². The van der Waals surface area contributed by atoms with Crippen LogP contribution < -0.4 is 16.4 Å². The summed E-state index contributed by atoms with van der Waals surface area (Å²) in [5, 5.41) is 6.11. The average molecular weight is 273 g/mol. The van der Waals surface area contributed by atoms with E-state index in [1.165, 1.54) is 24.8 Å². The zero-order chi connectivity index (χ0) is 14.4. The Morgan fingerprint density at radius 1 is 1.40 bits per heavy atom. The van der Waals surface area contributed by atoms with E-state index in [1.807, 2.05) is 13.0 Å². The molecule has 2 rings (SSSR count). The predicted molar refractivity (Wildman–Crippen MR) is 83.9 cm³/mol. The minimum Gasteiger partial charge on any atom is -0.397 e. The Bertz CT molecular complexity index is 508. The highest BCUT2D eigenvalue weighted by Crippen LogP contribution is 2.23. The van der Waals surface area contributed by atoms with Crippen LogP contribution in [-0.2, 0) is 0 Å². The zero-order valence-corrected chi connectivity index (χ0v) is 12.0. The minimum atomic E-state index is -0.0816. The van der Waals surface area contributed by atoms with Gasteiger partial charge in [0.15, 0.2) is 0 Å². The largest absolute Gasteiger partial charge is 0.397 e. The highest BCUT2D eigenvalue weighted by Gasteiger charge is 2.08. The van der Waals surface area contributed by atoms with E-state index in [2.05, 4.69) is 16.7 Å². The van der Waals surface area contributed by atoms with Gasteiger partial charge in [-0.05, 0) is 50.8 Å². The molecule has 0 atom stereocenters. The topological polar surface area (TPSA) is 67.2 Å². The van der Waals surface area contributed by atoms with Crippen LogP contribution in [0.2, 0.25) is 0 Å². The number of nitrogen functional groups attached to an aromatic ring is 1. The van der Waals surface area contributed by atoms with Crippen molar-refractivity contribution in [3.05, 3.63) is 35.4 Å². The fraction of sp³-hybridized carbons (Fsp3) is 0.438. The molecule has 1 aromatic carbocycles. The number of carbonyl (C=O) groups is 1. The number of hydrogen-bond donors (Lipinski definition) is 3. The number of nitrogens with one attached hydrogen (secondary N) is 2. The minimum absolute atomic E-state index is 0.0816. The van der Waals surface area contributed by atoms with E-state index in [1.54, 1.807) is 12.1 Å². The Morgan fingerprint density at radius 3 is 2.90 bits per heavy atom. The van der Waals surface area contributed by atoms with Gasteiger partial charge in [-0.1, -0.05) is 11.6 Å². The number of benzene rings is 1. The average Bonchev–Trinajstić information content (AvgIpc) is 2.94. The molecule has 0 aromatic heterocycles. The first kappa shape index (κ1) is 14.4. The van der Waals surface area contributed by atoms with Gasteiger partial charge in [0.1, 0.15) is 0 Å². The van der Waals surface area contributed by atoms with Gasteiger partial charge >= 0.3 is 0 Å². The van der Waals surface area contributed by atoms with Crippen LogP contribution in [0.4, 0.5) is 11.4 Å². The van der Waals surface area contributed by atoms with Crippen LogP contribution in [0.5, 0.6) is 0 Å². The first-order valence-electron chi connectivity index (χ1n) is 7.30. The lowest BCUT2D eigenvalue weighted by molar-refractivity contribution is 0.0956. The van der Waals surface area contributed by atoms with Crippen molar-refractivity contribution in [1.29, 1.82) is 0 Å². The molecular weight excluding hydrogens is 250 g/mol. The van der Waals surface area contributed by atoms with Gasteiger partial charge in [-0.25, -0.2) is 0 Å². The van der Waals surface area contributed by atoms with Crippen molar-refractivity contribution in [3.63, 3.8) is 0 Å². The van der Waals surface area contributed by atoms with Crippen molar-refractivity contribution in [1.82, 2.24) is 5.32 Å². The van der Waals surface area contributed by atoms with E-state index in [-0.39, 0.29) is 5.91 Å². The molecule has 4 N–H and O–H groups in total. The van der Waals surface area contributed by atoms with E-state index >= 15 is 0 Å². The lowest BCUT2D eigenvalue weighted by Gasteiger charge is -2.11. The number of allylic oxidation sites excluding steroid dienone is 1. The molecule has 108 valence electrons. The molecule has 0 bridgehead atoms. The van der Waals surface area contributed by atoms with Crippen molar-refractivity contribution in [2.45, 2.75) is 32.6 Å². The first-order valence-corrected chi connectivity index (χ1v) is 7.30. The molecule has 0 radical (unpaired) electrons. The van der Waals surface area contributed by atoms with Crippen molar-refractivity contribution in [2.75, 3.05) is 24.1 Å². The van der Waals surface area contributed by atoms with Gasteiger partial charge in [-0.2, -0.15) is 0 Å². The normalized spacial score (nSPS) is 13.9. The molecule has 20 heavy (non-hydrogen) atoms. The van der Waals surface area contributed by atoms with Crippen molar-refractivity contribution >= 4 is 17.3 Å². The molecule has 1 aromatic rings. The molecule has 0 unspecified atom stereocenters. The second kappa shape index (κ2) is 6.98. The van der Waals surface area contributed by atoms with Gasteiger partial charge in [0.25, 0.3) is 5.91 Å². The molecular formula is C16H23N3O. The molecule has 4 heteroatoms. The standard InChI is InChI=1S/C16H23N3O/c1-2-18-16(20)13-7-8-15(14(17)11-13)19-10-9-12-5-3-4-6-12/h5,7-8,11,19H,2-4,6,9-10,17H2,1H3,(H,18,20). The maximum atomic E-state index is 11.7. The summed E-state index contributed by atoms with van der Waals surface area (Å²) in [6.45, 7) is 3.40. The second-order valence-corrected chi connectivity index (χ2v) is 5.09. The number of anilines is 2. The Hall–Kier alpha value is -1.97. The van der Waals surface area contributed by atoms with Gasteiger partial charge in [0.05, 0.1) is 11.4 Å². The Balaban J connectivity index is 1.90. The van der Waals surface area contributed by atoms with Crippen LogP contribution in [0, 0.1) is 0 Å². The highest BCUT2D eigenvalue weighted by molar-refractivity contribution is 5.96. The summed E-state index contributed by atoms with van der Waals surface area (Å²) in [5.74, 6) is -0.0816. The van der Waals surface area contributed by atoms with E-state index < -0.39 is 0 Å². The molecule has 1 aliphatic carbocycles. The van der Waals surface area contributed by atoms with Gasteiger partial charge in [0, 0.05) is 18.7 Å². The van der Waals surface area contributed by atoms with Crippen molar-refractivity contribution in [3.8, 4) is 0 Å². The SMILES string of the molecule is CCNC(=O)c1ccc(NCCC2=CCCC2)c(N)c1. The molecule has 0 fully saturated rings. The van der Waals surface area contributed by atoms with Crippen LogP contribution in [0.25, 0.3) is 0 Å². The van der Waals surface area contributed by atoms with Crippen molar-refractivity contribution < 1.29 is 4.79 Å². The fourth-order valence-electron chi connectivity index (χ4n) is 2.45. The summed E-state index contributed by atoms with van der Waals surface area (Å²) >= 11 is 0. The molecule has 0 spiro atoms. The fourth-order valence-corrected chi connectivity index (χ4v) is 2.45. The molecule has 0 heterocycles. The second-order valence-electron chi connectivity index (χ2n) is 5.09. The number of rotatable bonds is 6. The molecule has 0 saturated carbocycles. The zero-order valence-electron chi connectivity index (χ0n) is 12.0. The Morgan fingerprint density at radius 2 is 2.25 bits per heavy atom. The van der Waals surface area contributed by atoms with Gasteiger partial charge in [-0.3, -0.25) is 4.79 Å². The maximum absolute atomic E-state index is 11.7. The molecule has 0 saturated heterocycles. The summed E-state index contributed by atoms with van der Waals surface area (Å²) in [4.78, 5) is 11.7. The third kappa shape index (κ3) is 3.76. The summed E-state index contributed by atoms with van der Waals surface area (Å²) in [5.41, 5.74) is 9.65. The van der Waals surface area contributed by atoms with Crippen LogP contribution >= 0.6 is 0 Å². The Labute approximate surface area is 120 Å².